The highest BCUT2D eigenvalue weighted by atomic mass is 35.5. The molecule has 17 heavy (non-hydrogen) atoms. The Labute approximate surface area is 101 Å². The van der Waals surface area contributed by atoms with Crippen molar-refractivity contribution in [3.05, 3.63) is 53.1 Å². The average Bonchev–Trinajstić information content (AvgIpc) is 2.25. The highest BCUT2D eigenvalue weighted by Gasteiger charge is 2.35. The first-order valence-electron chi connectivity index (χ1n) is 4.61. The van der Waals surface area contributed by atoms with Crippen LogP contribution in [0.1, 0.15) is 5.56 Å². The van der Waals surface area contributed by atoms with E-state index in [0.29, 0.717) is 11.1 Å². The van der Waals surface area contributed by atoms with Gasteiger partial charge in [0.2, 0.25) is 0 Å². The van der Waals surface area contributed by atoms with Crippen LogP contribution in [0.5, 0.6) is 0 Å². The molecule has 1 rings (SSSR count). The van der Waals surface area contributed by atoms with E-state index in [1.807, 2.05) is 0 Å². The standard InChI is InChI=1S/C12H8ClF3O/c13-10-7-5-9(6-8-10)3-1-2-4-11(17)12(14,15)16/h1-8H/b3-1+,4-2+. The third kappa shape index (κ3) is 4.87. The van der Waals surface area contributed by atoms with Crippen LogP contribution in [-0.4, -0.2) is 12.0 Å². The predicted octanol–water partition coefficient (Wildman–Crippen LogP) is 4.04. The summed E-state index contributed by atoms with van der Waals surface area (Å²) in [6.45, 7) is 0. The normalized spacial score (nSPS) is 12.5. The Morgan fingerprint density at radius 1 is 1.12 bits per heavy atom. The van der Waals surface area contributed by atoms with E-state index in [-0.39, 0.29) is 0 Å². The Kier molecular flexibility index (Phi) is 4.52. The van der Waals surface area contributed by atoms with Crippen LogP contribution in [0.4, 0.5) is 13.2 Å². The Balaban J connectivity index is 2.59. The van der Waals surface area contributed by atoms with Crippen molar-refractivity contribution in [1.29, 1.82) is 0 Å². The minimum atomic E-state index is -4.81. The number of alkyl halides is 3. The minimum Gasteiger partial charge on any atom is -0.285 e. The van der Waals surface area contributed by atoms with Gasteiger partial charge in [0.25, 0.3) is 5.78 Å². The number of hydrogen-bond donors (Lipinski definition) is 0. The van der Waals surface area contributed by atoms with Crippen molar-refractivity contribution in [1.82, 2.24) is 0 Å². The fourth-order valence-corrected chi connectivity index (χ4v) is 1.10. The third-order valence-electron chi connectivity index (χ3n) is 1.80. The molecule has 0 aromatic heterocycles. The van der Waals surface area contributed by atoms with E-state index in [4.69, 9.17) is 11.6 Å². The van der Waals surface area contributed by atoms with E-state index < -0.39 is 12.0 Å². The third-order valence-corrected chi connectivity index (χ3v) is 2.05. The fourth-order valence-electron chi connectivity index (χ4n) is 0.978. The molecular weight excluding hydrogens is 253 g/mol. The monoisotopic (exact) mass is 260 g/mol. The zero-order valence-electron chi connectivity index (χ0n) is 8.54. The second-order valence-corrected chi connectivity index (χ2v) is 3.57. The maximum atomic E-state index is 11.8. The number of carbonyl (C=O) groups is 1. The van der Waals surface area contributed by atoms with Gasteiger partial charge in [-0.2, -0.15) is 13.2 Å². The van der Waals surface area contributed by atoms with E-state index in [9.17, 15) is 18.0 Å². The van der Waals surface area contributed by atoms with Gasteiger partial charge in [-0.15, -0.1) is 0 Å². The number of ketones is 1. The van der Waals surface area contributed by atoms with Gasteiger partial charge in [-0.1, -0.05) is 42.0 Å². The van der Waals surface area contributed by atoms with Crippen LogP contribution in [0.2, 0.25) is 5.02 Å². The van der Waals surface area contributed by atoms with Crippen molar-refractivity contribution in [3.63, 3.8) is 0 Å². The van der Waals surface area contributed by atoms with Crippen LogP contribution in [0.15, 0.2) is 42.5 Å². The number of hydrogen-bond acceptors (Lipinski definition) is 1. The molecule has 0 saturated heterocycles. The molecule has 1 nitrogen and oxygen atoms in total. The molecule has 0 aliphatic carbocycles. The molecule has 0 aliphatic heterocycles. The van der Waals surface area contributed by atoms with Crippen molar-refractivity contribution in [2.24, 2.45) is 0 Å². The van der Waals surface area contributed by atoms with E-state index in [2.05, 4.69) is 0 Å². The SMILES string of the molecule is O=C(/C=C/C=C/c1ccc(Cl)cc1)C(F)(F)F. The molecule has 0 aliphatic rings. The quantitative estimate of drug-likeness (QED) is 0.592. The second-order valence-electron chi connectivity index (χ2n) is 3.13. The molecule has 1 aromatic carbocycles. The van der Waals surface area contributed by atoms with Gasteiger partial charge in [0, 0.05) is 5.02 Å². The molecule has 0 saturated carbocycles. The van der Waals surface area contributed by atoms with Crippen molar-refractivity contribution >= 4 is 23.5 Å². The summed E-state index contributed by atoms with van der Waals surface area (Å²) in [6.07, 6.45) is -0.370. The van der Waals surface area contributed by atoms with Gasteiger partial charge in [-0.3, -0.25) is 4.79 Å². The fraction of sp³-hybridized carbons (Fsp3) is 0.0833. The summed E-state index contributed by atoms with van der Waals surface area (Å²) in [5.74, 6) is -1.88. The molecule has 0 atom stereocenters. The van der Waals surface area contributed by atoms with Gasteiger partial charge in [-0.05, 0) is 23.8 Å². The van der Waals surface area contributed by atoms with Crippen LogP contribution in [0, 0.1) is 0 Å². The van der Waals surface area contributed by atoms with E-state index >= 15 is 0 Å². The van der Waals surface area contributed by atoms with Crippen molar-refractivity contribution < 1.29 is 18.0 Å². The van der Waals surface area contributed by atoms with Gasteiger partial charge in [0.1, 0.15) is 0 Å². The van der Waals surface area contributed by atoms with Gasteiger partial charge in [0.05, 0.1) is 0 Å². The number of allylic oxidation sites excluding steroid dienone is 3. The lowest BCUT2D eigenvalue weighted by Crippen LogP contribution is -2.19. The lowest BCUT2D eigenvalue weighted by molar-refractivity contribution is -0.165. The van der Waals surface area contributed by atoms with Gasteiger partial charge in [-0.25, -0.2) is 0 Å². The first-order chi connectivity index (χ1) is 7.89. The molecule has 0 fully saturated rings. The Morgan fingerprint density at radius 2 is 1.71 bits per heavy atom. The summed E-state index contributed by atoms with van der Waals surface area (Å²) in [6, 6.07) is 6.73. The van der Waals surface area contributed by atoms with Crippen molar-refractivity contribution in [2.45, 2.75) is 6.18 Å². The van der Waals surface area contributed by atoms with E-state index in [1.165, 1.54) is 6.08 Å². The highest BCUT2D eigenvalue weighted by Crippen LogP contribution is 2.16. The zero-order chi connectivity index (χ0) is 12.9. The maximum absolute atomic E-state index is 11.8. The highest BCUT2D eigenvalue weighted by molar-refractivity contribution is 6.30. The number of carbonyl (C=O) groups excluding carboxylic acids is 1. The minimum absolute atomic E-state index is 0.479. The summed E-state index contributed by atoms with van der Waals surface area (Å²) >= 11 is 5.66. The molecule has 1 aromatic rings. The summed E-state index contributed by atoms with van der Waals surface area (Å²) in [4.78, 5) is 10.5. The average molecular weight is 261 g/mol. The predicted molar refractivity (Wildman–Crippen MR) is 60.7 cm³/mol. The summed E-state index contributed by atoms with van der Waals surface area (Å²) in [5, 5.41) is 0.574. The second kappa shape index (κ2) is 5.68. The summed E-state index contributed by atoms with van der Waals surface area (Å²) in [5.41, 5.74) is 0.776. The Morgan fingerprint density at radius 3 is 2.24 bits per heavy atom. The molecule has 0 amide bonds. The lowest BCUT2D eigenvalue weighted by Gasteiger charge is -1.98. The van der Waals surface area contributed by atoms with Crippen LogP contribution < -0.4 is 0 Å². The smallest absolute Gasteiger partial charge is 0.285 e. The molecule has 0 unspecified atom stereocenters. The van der Waals surface area contributed by atoms with Crippen LogP contribution in [0.25, 0.3) is 6.08 Å². The Bertz CT molecular complexity index is 444. The van der Waals surface area contributed by atoms with E-state index in [1.54, 1.807) is 30.3 Å². The van der Waals surface area contributed by atoms with Crippen LogP contribution in [-0.2, 0) is 4.79 Å². The largest absolute Gasteiger partial charge is 0.454 e. The topological polar surface area (TPSA) is 17.1 Å². The first-order valence-corrected chi connectivity index (χ1v) is 4.99. The van der Waals surface area contributed by atoms with Crippen LogP contribution in [0.3, 0.4) is 0 Å². The van der Waals surface area contributed by atoms with Crippen molar-refractivity contribution in [2.75, 3.05) is 0 Å². The number of rotatable bonds is 3. The first kappa shape index (κ1) is 13.5. The molecule has 0 radical (unpaired) electrons. The van der Waals surface area contributed by atoms with Crippen LogP contribution >= 0.6 is 11.6 Å². The molecular formula is C12H8ClF3O. The van der Waals surface area contributed by atoms with Gasteiger partial charge < -0.3 is 0 Å². The molecule has 0 heterocycles. The summed E-state index contributed by atoms with van der Waals surface area (Å²) < 4.78 is 35.4. The molecule has 0 bridgehead atoms. The number of halogens is 4. The molecule has 0 N–H and O–H groups in total. The lowest BCUT2D eigenvalue weighted by atomic mass is 10.2. The van der Waals surface area contributed by atoms with Gasteiger partial charge >= 0.3 is 6.18 Å². The van der Waals surface area contributed by atoms with E-state index in [0.717, 1.165) is 11.6 Å². The summed E-state index contributed by atoms with van der Waals surface area (Å²) in [7, 11) is 0. The molecule has 5 heteroatoms. The van der Waals surface area contributed by atoms with Gasteiger partial charge in [0.15, 0.2) is 0 Å². The molecule has 0 spiro atoms. The number of benzene rings is 1. The van der Waals surface area contributed by atoms with Crippen molar-refractivity contribution in [3.8, 4) is 0 Å². The Hall–Kier alpha value is -1.55. The zero-order valence-corrected chi connectivity index (χ0v) is 9.29. The maximum Gasteiger partial charge on any atom is 0.454 e. The molecule has 90 valence electrons.